The van der Waals surface area contributed by atoms with Gasteiger partial charge in [0.1, 0.15) is 36.6 Å². The van der Waals surface area contributed by atoms with Crippen LogP contribution in [0.4, 0.5) is 0 Å². The molecule has 0 aliphatic heterocycles. The zero-order chi connectivity index (χ0) is 105. The molecule has 5 nitrogen and oxygen atoms in total. The van der Waals surface area contributed by atoms with Gasteiger partial charge in [-0.15, -0.1) is 0 Å². The van der Waals surface area contributed by atoms with Crippen LogP contribution in [0.5, 0.6) is 0 Å². The lowest BCUT2D eigenvalue weighted by molar-refractivity contribution is -0.665. The van der Waals surface area contributed by atoms with Crippen molar-refractivity contribution in [2.24, 2.45) is 35.2 Å². The zero-order valence-corrected chi connectivity index (χ0v) is 96.1. The Morgan fingerprint density at radius 2 is 0.463 bits per heavy atom. The maximum Gasteiger partial charge on any atom is 0.220 e. The molecule has 5 heteroatoms. The van der Waals surface area contributed by atoms with Gasteiger partial charge in [0.15, 0.2) is 28.9 Å². The Morgan fingerprint density at radius 1 is 0.211 bits per heavy atom. The van der Waals surface area contributed by atoms with Gasteiger partial charge in [-0.3, -0.25) is 0 Å². The molecule has 15 aromatic rings. The van der Waals surface area contributed by atoms with Crippen LogP contribution in [0.3, 0.4) is 0 Å². The van der Waals surface area contributed by atoms with Crippen molar-refractivity contribution in [3.63, 3.8) is 0 Å². The van der Waals surface area contributed by atoms with Gasteiger partial charge in [-0.25, -0.2) is 4.57 Å². The van der Waals surface area contributed by atoms with Gasteiger partial charge < -0.3 is 0 Å². The summed E-state index contributed by atoms with van der Waals surface area (Å²) >= 11 is 0. The summed E-state index contributed by atoms with van der Waals surface area (Å²) in [5, 5.41) is 13.6. The second kappa shape index (κ2) is 43.7. The Labute approximate surface area is 888 Å². The minimum Gasteiger partial charge on any atom is -0.200 e. The minimum absolute atomic E-state index is 0.0582. The van der Waals surface area contributed by atoms with Gasteiger partial charge in [0.25, 0.3) is 0 Å². The number of benzene rings is 10. The summed E-state index contributed by atoms with van der Waals surface area (Å²) < 4.78 is 20.4. The fourth-order valence-electron chi connectivity index (χ4n) is 27.0. The van der Waals surface area contributed by atoms with E-state index < -0.39 is 0 Å². The van der Waals surface area contributed by atoms with Crippen molar-refractivity contribution < 1.29 is 24.2 Å². The lowest BCUT2D eigenvalue weighted by Gasteiger charge is -2.28. The average Bonchev–Trinajstić information content (AvgIpc) is 0.991. The summed E-state index contributed by atoms with van der Waals surface area (Å²) in [5.74, 6) is 5.23. The Balaban J connectivity index is 0.000000121. The highest BCUT2D eigenvalue weighted by Gasteiger charge is 2.35. The SMILES string of the molecule is Cc1cc(C(C)(C)C)cc(-c2c3ccc(C4CCCC4)cc3cc(C)[n+]2C)c1C.Cc1cc(C2CCCC2)cc(-c2c3ccc(C4CCCC4)cc3cc(C)[n+]2C)c1C.Cc1ccc(C(C)(C)C)cc1-c1c2ccc(C3CCCC3)cc2cc(C)[n+]1C.Cc1ccc(C2CCCC2)cc1-c1c2ccc(C3CCCC3)cc2cc(C)[n+]1C.[2H]c1cc2cc(C3CCCC3)ccc2c(-c2cc(C(C)(C)C)cc(C(C)(C)C)c2C)[n+]1C. The third-order valence-electron chi connectivity index (χ3n) is 37.0. The molecule has 0 bridgehead atoms. The molecule has 7 fully saturated rings. The third kappa shape index (κ3) is 22.6. The molecule has 0 unspecified atom stereocenters. The van der Waals surface area contributed by atoms with Crippen molar-refractivity contribution in [1.29, 1.82) is 0 Å². The number of hydrogen-bond donors (Lipinski definition) is 0. The summed E-state index contributed by atoms with van der Waals surface area (Å²) in [6, 6.07) is 76.5. The standard InChI is InChI=1S/C30H40N.C29H36N.C28H34N.C28H36N.C27H34N/c1-20-26(18-24(29(2,3)4)19-27(20)30(5,6)7)28-25-14-13-22(21-11-9-10-12-21)17-23(25)15-16-31(28)8;1-19-15-25(23-11-7-8-12-23)18-28(21(19)3)29-27-14-13-24(22-9-5-6-10-22)17-26(27)16-20(2)30(29)4;1-19-12-13-24(22-10-6-7-11-22)18-27(19)28-26-15-14-23(21-8-4-5-9-21)17-25(26)16-20(2)29(28)3;1-18-14-24(28(4,5)6)17-26(20(18)3)27-25-13-12-22(21-10-8-9-11-21)16-23(25)15-19(2)29(27)7;1-18-11-13-23(27(3,4)5)17-25(18)26-24-14-12-21(20-9-7-8-10-20)16-22(24)15-19(2)28(26)6/h13-19,21H,9-12H2,1-8H3;13-18,22-23H,5-12H2,1-4H3;12-18,21-22H,4-11H2,1-3H3;12-17,21H,8-11H2,1-7H3;11-17,20H,7-10H2,1-6H3/q5*+1/i16D;;;;. The molecule has 0 amide bonds. The smallest absolute Gasteiger partial charge is 0.200 e. The van der Waals surface area contributed by atoms with Gasteiger partial charge in [0.05, 0.1) is 49.2 Å². The Kier molecular flexibility index (Phi) is 31.1. The van der Waals surface area contributed by atoms with Crippen molar-refractivity contribution in [2.45, 2.75) is 402 Å². The molecule has 0 N–H and O–H groups in total. The molecule has 0 radical (unpaired) electrons. The van der Waals surface area contributed by atoms with Gasteiger partial charge in [0.2, 0.25) is 28.5 Å². The van der Waals surface area contributed by atoms with E-state index >= 15 is 0 Å². The second-order valence-corrected chi connectivity index (χ2v) is 51.3. The minimum atomic E-state index is 0.0582. The molecule has 0 atom stereocenters. The van der Waals surface area contributed by atoms with Crippen LogP contribution in [0, 0.1) is 76.2 Å². The molecule has 768 valence electrons. The van der Waals surface area contributed by atoms with E-state index in [0.29, 0.717) is 12.1 Å². The molecule has 7 aliphatic rings. The highest BCUT2D eigenvalue weighted by Crippen LogP contribution is 2.49. The maximum atomic E-state index is 8.76. The summed E-state index contributed by atoms with van der Waals surface area (Å²) in [5.41, 5.74) is 45.1. The summed E-state index contributed by atoms with van der Waals surface area (Å²) in [4.78, 5) is 0. The van der Waals surface area contributed by atoms with Gasteiger partial charge in [0, 0.05) is 63.6 Å². The predicted molar refractivity (Wildman–Crippen MR) is 628 cm³/mol. The van der Waals surface area contributed by atoms with Crippen LogP contribution in [0.25, 0.3) is 110 Å². The van der Waals surface area contributed by atoms with E-state index in [1.54, 1.807) is 22.3 Å². The molecule has 7 aliphatic carbocycles. The zero-order valence-electron chi connectivity index (χ0n) is 97.1. The number of nitrogens with zero attached hydrogens (tertiary/aromatic N) is 5. The number of aryl methyl sites for hydroxylation is 8. The van der Waals surface area contributed by atoms with E-state index in [-0.39, 0.29) is 21.7 Å². The van der Waals surface area contributed by atoms with Crippen LogP contribution in [-0.2, 0) is 56.9 Å². The number of hydrogen-bond acceptors (Lipinski definition) is 0. The Bertz CT molecular complexity index is 7480. The van der Waals surface area contributed by atoms with E-state index in [2.05, 4.69) is 398 Å². The van der Waals surface area contributed by atoms with Crippen LogP contribution in [0.2, 0.25) is 0 Å². The number of pyridine rings is 5. The van der Waals surface area contributed by atoms with Crippen molar-refractivity contribution in [2.75, 3.05) is 0 Å². The molecular weight excluding hydrogens is 1780 g/mol. The van der Waals surface area contributed by atoms with Crippen LogP contribution in [0.15, 0.2) is 200 Å². The third-order valence-corrected chi connectivity index (χ3v) is 37.0. The predicted octanol–water partition coefficient (Wildman–Crippen LogP) is 36.8. The second-order valence-electron chi connectivity index (χ2n) is 51.3. The molecule has 10 aromatic carbocycles. The van der Waals surface area contributed by atoms with Crippen LogP contribution < -0.4 is 22.8 Å². The first kappa shape index (κ1) is 105. The normalized spacial score (nSPS) is 16.7. The maximum absolute atomic E-state index is 8.76. The van der Waals surface area contributed by atoms with E-state index in [4.69, 9.17) is 1.37 Å². The van der Waals surface area contributed by atoms with Crippen molar-refractivity contribution in [3.05, 3.63) is 323 Å². The van der Waals surface area contributed by atoms with E-state index in [9.17, 15) is 0 Å². The van der Waals surface area contributed by atoms with Gasteiger partial charge >= 0.3 is 0 Å². The molecule has 147 heavy (non-hydrogen) atoms. The summed E-state index contributed by atoms with van der Waals surface area (Å²) in [7, 11) is 10.9. The van der Waals surface area contributed by atoms with Crippen molar-refractivity contribution in [3.8, 4) is 56.3 Å². The number of aromatic nitrogens is 5. The topological polar surface area (TPSA) is 19.4 Å². The van der Waals surface area contributed by atoms with E-state index in [1.165, 1.54) is 391 Å². The Morgan fingerprint density at radius 3 is 0.796 bits per heavy atom. The monoisotopic (exact) mass is 1960 g/mol. The van der Waals surface area contributed by atoms with Crippen molar-refractivity contribution in [1.82, 2.24) is 0 Å². The fraction of sp³-hybridized carbons (Fsp3) is 0.472. The first-order chi connectivity index (χ1) is 70.4. The molecule has 0 saturated heterocycles. The number of fused-ring (bicyclic) bond motifs is 5. The van der Waals surface area contributed by atoms with E-state index in [0.717, 1.165) is 35.5 Å². The summed E-state index contributed by atoms with van der Waals surface area (Å²) in [6.45, 7) is 52.5. The largest absolute Gasteiger partial charge is 0.220 e. The molecular formula is C142H180N5+5. The average molecular weight is 1960 g/mol. The quantitative estimate of drug-likeness (QED) is 0.109. The summed E-state index contributed by atoms with van der Waals surface area (Å²) in [6.07, 6.45) is 38.8. The van der Waals surface area contributed by atoms with Crippen LogP contribution in [-0.4, -0.2) is 0 Å². The highest BCUT2D eigenvalue weighted by atomic mass is 15.0. The van der Waals surface area contributed by atoms with Gasteiger partial charge in [-0.2, -0.15) is 18.3 Å². The highest BCUT2D eigenvalue weighted by molar-refractivity contribution is 5.99. The van der Waals surface area contributed by atoms with Crippen molar-refractivity contribution >= 4 is 53.9 Å². The molecule has 5 aromatic heterocycles. The fourth-order valence-corrected chi connectivity index (χ4v) is 27.0. The molecule has 22 rings (SSSR count). The van der Waals surface area contributed by atoms with Gasteiger partial charge in [-0.1, -0.05) is 276 Å². The van der Waals surface area contributed by atoms with Gasteiger partial charge in [-0.05, 0) is 389 Å². The first-order valence-electron chi connectivity index (χ1n) is 58.2. The molecule has 5 heterocycles. The molecule has 0 spiro atoms. The molecule has 7 saturated carbocycles. The number of rotatable bonds is 12. The Hall–Kier alpha value is -10.8. The van der Waals surface area contributed by atoms with E-state index in [1.807, 2.05) is 13.1 Å². The first-order valence-corrected chi connectivity index (χ1v) is 57.7. The lowest BCUT2D eigenvalue weighted by Crippen LogP contribution is -2.35. The van der Waals surface area contributed by atoms with Crippen LogP contribution >= 0.6 is 0 Å². The van der Waals surface area contributed by atoms with Crippen LogP contribution in [0.1, 0.15) is 429 Å². The lowest BCUT2D eigenvalue weighted by atomic mass is 9.76.